The molecule has 0 heterocycles. The number of hydrogen-bond acceptors (Lipinski definition) is 1. The van der Waals surface area contributed by atoms with E-state index in [9.17, 15) is 4.79 Å². The van der Waals surface area contributed by atoms with Gasteiger partial charge in [0.1, 0.15) is 6.29 Å². The van der Waals surface area contributed by atoms with Crippen molar-refractivity contribution in [2.45, 2.75) is 26.2 Å². The molecular formula is C5H10ORe. The molecule has 0 aromatic rings. The van der Waals surface area contributed by atoms with Crippen molar-refractivity contribution in [3.05, 3.63) is 0 Å². The maximum Gasteiger partial charge on any atom is 0.119 e. The summed E-state index contributed by atoms with van der Waals surface area (Å²) < 4.78 is 0. The molecule has 0 rings (SSSR count). The molecule has 0 saturated heterocycles. The SMILES string of the molecule is CCCCC=O.[Re]. The van der Waals surface area contributed by atoms with Gasteiger partial charge in [0.25, 0.3) is 0 Å². The van der Waals surface area contributed by atoms with Crippen LogP contribution in [0, 0.1) is 0 Å². The zero-order valence-electron chi connectivity index (χ0n) is 4.48. The van der Waals surface area contributed by atoms with Gasteiger partial charge in [-0.15, -0.1) is 0 Å². The van der Waals surface area contributed by atoms with Gasteiger partial charge in [-0.3, -0.25) is 0 Å². The Bertz CT molecular complexity index is 37.1. The number of rotatable bonds is 3. The Morgan fingerprint density at radius 1 is 1.57 bits per heavy atom. The summed E-state index contributed by atoms with van der Waals surface area (Å²) in [6, 6.07) is 0. The molecule has 0 aromatic heterocycles. The van der Waals surface area contributed by atoms with E-state index in [1.165, 1.54) is 0 Å². The largest absolute Gasteiger partial charge is 0.303 e. The summed E-state index contributed by atoms with van der Waals surface area (Å²) in [6.45, 7) is 2.07. The Hall–Kier alpha value is 0.332. The zero-order chi connectivity index (χ0) is 4.83. The number of carbonyl (C=O) groups is 1. The Kier molecular flexibility index (Phi) is 14.2. The minimum Gasteiger partial charge on any atom is -0.303 e. The molecular weight excluding hydrogens is 262 g/mol. The molecule has 0 N–H and O–H groups in total. The maximum absolute atomic E-state index is 9.56. The van der Waals surface area contributed by atoms with Gasteiger partial charge in [0.15, 0.2) is 0 Å². The Labute approximate surface area is 58.1 Å². The molecule has 0 amide bonds. The van der Waals surface area contributed by atoms with E-state index < -0.39 is 0 Å². The van der Waals surface area contributed by atoms with Crippen LogP contribution in [0.3, 0.4) is 0 Å². The van der Waals surface area contributed by atoms with Crippen LogP contribution in [0.5, 0.6) is 0 Å². The van der Waals surface area contributed by atoms with Crippen LogP contribution < -0.4 is 0 Å². The van der Waals surface area contributed by atoms with Gasteiger partial charge in [-0.1, -0.05) is 13.3 Å². The van der Waals surface area contributed by atoms with Crippen LogP contribution in [0.25, 0.3) is 0 Å². The minimum absolute atomic E-state index is 0. The molecule has 2 heteroatoms. The van der Waals surface area contributed by atoms with Gasteiger partial charge >= 0.3 is 0 Å². The predicted octanol–water partition coefficient (Wildman–Crippen LogP) is 1.37. The molecule has 0 atom stereocenters. The number of carbonyl (C=O) groups excluding carboxylic acids is 1. The number of unbranched alkanes of at least 4 members (excludes halogenated alkanes) is 2. The van der Waals surface area contributed by atoms with Crippen molar-refractivity contribution in [1.82, 2.24) is 0 Å². The summed E-state index contributed by atoms with van der Waals surface area (Å²) in [7, 11) is 0. The van der Waals surface area contributed by atoms with Crippen molar-refractivity contribution >= 4 is 6.29 Å². The minimum atomic E-state index is 0. The Morgan fingerprint density at radius 3 is 2.29 bits per heavy atom. The molecule has 0 saturated carbocycles. The van der Waals surface area contributed by atoms with Gasteiger partial charge in [0.05, 0.1) is 0 Å². The molecule has 0 aliphatic carbocycles. The van der Waals surface area contributed by atoms with Gasteiger partial charge in [0.2, 0.25) is 0 Å². The zero-order valence-corrected chi connectivity index (χ0v) is 7.20. The van der Waals surface area contributed by atoms with E-state index >= 15 is 0 Å². The van der Waals surface area contributed by atoms with Crippen molar-refractivity contribution in [3.8, 4) is 0 Å². The molecule has 0 bridgehead atoms. The molecule has 0 aromatic carbocycles. The second kappa shape index (κ2) is 9.59. The van der Waals surface area contributed by atoms with Crippen LogP contribution in [0.2, 0.25) is 0 Å². The van der Waals surface area contributed by atoms with Crippen LogP contribution in [0.15, 0.2) is 0 Å². The van der Waals surface area contributed by atoms with Crippen molar-refractivity contribution in [1.29, 1.82) is 0 Å². The summed E-state index contributed by atoms with van der Waals surface area (Å²) in [4.78, 5) is 9.56. The second-order valence-corrected chi connectivity index (χ2v) is 1.31. The fourth-order valence-corrected chi connectivity index (χ4v) is 0.287. The fourth-order valence-electron chi connectivity index (χ4n) is 0.287. The molecule has 0 aliphatic rings. The molecule has 0 spiro atoms. The maximum atomic E-state index is 9.56. The summed E-state index contributed by atoms with van der Waals surface area (Å²) in [5.74, 6) is 0. The second-order valence-electron chi connectivity index (χ2n) is 1.31. The van der Waals surface area contributed by atoms with E-state index in [4.69, 9.17) is 0 Å². The van der Waals surface area contributed by atoms with Crippen molar-refractivity contribution < 1.29 is 25.2 Å². The molecule has 0 unspecified atom stereocenters. The monoisotopic (exact) mass is 273 g/mol. The van der Waals surface area contributed by atoms with Crippen LogP contribution >= 0.6 is 0 Å². The third-order valence-corrected chi connectivity index (χ3v) is 0.676. The Balaban J connectivity index is 0. The Morgan fingerprint density at radius 2 is 2.14 bits per heavy atom. The van der Waals surface area contributed by atoms with Crippen molar-refractivity contribution in [3.63, 3.8) is 0 Å². The standard InChI is InChI=1S/C5H10O.Re/c1-2-3-4-5-6;/h5H,2-4H2,1H3;. The average Bonchev–Trinajstić information content (AvgIpc) is 1.61. The van der Waals surface area contributed by atoms with Crippen molar-refractivity contribution in [2.75, 3.05) is 0 Å². The molecule has 1 nitrogen and oxygen atoms in total. The third kappa shape index (κ3) is 10.7. The summed E-state index contributed by atoms with van der Waals surface area (Å²) >= 11 is 0. The van der Waals surface area contributed by atoms with Crippen LogP contribution in [-0.4, -0.2) is 6.29 Å². The third-order valence-electron chi connectivity index (χ3n) is 0.676. The quantitative estimate of drug-likeness (QED) is 0.560. The first-order valence-electron chi connectivity index (χ1n) is 2.35. The van der Waals surface area contributed by atoms with Gasteiger partial charge in [-0.05, 0) is 6.42 Å². The van der Waals surface area contributed by atoms with Gasteiger partial charge in [0, 0.05) is 26.8 Å². The van der Waals surface area contributed by atoms with E-state index in [0.29, 0.717) is 0 Å². The molecule has 1 radical (unpaired) electrons. The smallest absolute Gasteiger partial charge is 0.119 e. The van der Waals surface area contributed by atoms with Gasteiger partial charge in [-0.25, -0.2) is 0 Å². The summed E-state index contributed by atoms with van der Waals surface area (Å²) in [6.07, 6.45) is 3.86. The molecule has 0 aliphatic heterocycles. The predicted molar refractivity (Wildman–Crippen MR) is 25.6 cm³/mol. The van der Waals surface area contributed by atoms with E-state index in [1.807, 2.05) is 0 Å². The first-order chi connectivity index (χ1) is 2.91. The first kappa shape index (κ1) is 10.3. The van der Waals surface area contributed by atoms with E-state index in [1.54, 1.807) is 0 Å². The molecule has 43 valence electrons. The number of hydrogen-bond donors (Lipinski definition) is 0. The number of aldehydes is 1. The van der Waals surface area contributed by atoms with Crippen molar-refractivity contribution in [2.24, 2.45) is 0 Å². The van der Waals surface area contributed by atoms with Gasteiger partial charge < -0.3 is 4.79 Å². The van der Waals surface area contributed by atoms with Crippen LogP contribution in [0.1, 0.15) is 26.2 Å². The molecule has 0 fully saturated rings. The summed E-state index contributed by atoms with van der Waals surface area (Å²) in [5, 5.41) is 0. The van der Waals surface area contributed by atoms with E-state index in [2.05, 4.69) is 6.92 Å². The summed E-state index contributed by atoms with van der Waals surface area (Å²) in [5.41, 5.74) is 0. The van der Waals surface area contributed by atoms with E-state index in [-0.39, 0.29) is 20.4 Å². The fraction of sp³-hybridized carbons (Fsp3) is 0.800. The van der Waals surface area contributed by atoms with E-state index in [0.717, 1.165) is 25.5 Å². The van der Waals surface area contributed by atoms with Crippen LogP contribution in [-0.2, 0) is 25.2 Å². The first-order valence-corrected chi connectivity index (χ1v) is 2.35. The normalized spacial score (nSPS) is 7.00. The molecule has 7 heavy (non-hydrogen) atoms. The average molecular weight is 272 g/mol. The topological polar surface area (TPSA) is 17.1 Å². The van der Waals surface area contributed by atoms with Gasteiger partial charge in [-0.2, -0.15) is 0 Å². The van der Waals surface area contributed by atoms with Crippen LogP contribution in [0.4, 0.5) is 0 Å².